The summed E-state index contributed by atoms with van der Waals surface area (Å²) in [4.78, 5) is 13.9. The summed E-state index contributed by atoms with van der Waals surface area (Å²) in [5.74, 6) is -0.192. The van der Waals surface area contributed by atoms with Crippen LogP contribution in [0.2, 0.25) is 0 Å². The maximum absolute atomic E-state index is 11.4. The Labute approximate surface area is 133 Å². The number of carbonyl (C=O) groups excluding carboxylic acids is 1. The lowest BCUT2D eigenvalue weighted by Gasteiger charge is -2.38. The van der Waals surface area contributed by atoms with E-state index in [9.17, 15) is 4.79 Å². The van der Waals surface area contributed by atoms with E-state index in [1.807, 2.05) is 0 Å². The zero-order valence-corrected chi connectivity index (χ0v) is 14.4. The topological polar surface area (TPSA) is 69.1 Å². The number of rotatable bonds is 5. The third kappa shape index (κ3) is 3.83. The van der Waals surface area contributed by atoms with Crippen molar-refractivity contribution in [2.45, 2.75) is 57.9 Å². The maximum Gasteiger partial charge on any atom is 0.217 e. The molecule has 1 fully saturated rings. The van der Waals surface area contributed by atoms with Gasteiger partial charge in [-0.1, -0.05) is 19.3 Å². The van der Waals surface area contributed by atoms with Crippen LogP contribution in [0.5, 0.6) is 0 Å². The van der Waals surface area contributed by atoms with Crippen molar-refractivity contribution in [1.82, 2.24) is 0 Å². The molecular formula is C15H23BrN2OS. The van der Waals surface area contributed by atoms with Gasteiger partial charge in [-0.25, -0.2) is 0 Å². The van der Waals surface area contributed by atoms with E-state index >= 15 is 0 Å². The van der Waals surface area contributed by atoms with Crippen molar-refractivity contribution < 1.29 is 4.79 Å². The summed E-state index contributed by atoms with van der Waals surface area (Å²) in [7, 11) is 0. The van der Waals surface area contributed by atoms with Gasteiger partial charge in [0.2, 0.25) is 5.91 Å². The molecule has 1 amide bonds. The van der Waals surface area contributed by atoms with Crippen LogP contribution in [0.15, 0.2) is 10.5 Å². The number of halogens is 1. The molecule has 1 heterocycles. The molecule has 1 aromatic heterocycles. The highest BCUT2D eigenvalue weighted by Crippen LogP contribution is 2.46. The van der Waals surface area contributed by atoms with Crippen LogP contribution in [0.1, 0.15) is 60.7 Å². The van der Waals surface area contributed by atoms with E-state index in [-0.39, 0.29) is 17.4 Å². The first-order chi connectivity index (χ1) is 9.42. The van der Waals surface area contributed by atoms with Crippen LogP contribution in [0.25, 0.3) is 0 Å². The van der Waals surface area contributed by atoms with Crippen molar-refractivity contribution in [3.8, 4) is 0 Å². The van der Waals surface area contributed by atoms with Crippen LogP contribution in [-0.2, 0) is 4.79 Å². The summed E-state index contributed by atoms with van der Waals surface area (Å²) < 4.78 is 1.13. The van der Waals surface area contributed by atoms with E-state index in [1.54, 1.807) is 11.3 Å². The Bertz CT molecular complexity index is 461. The molecule has 1 atom stereocenters. The van der Waals surface area contributed by atoms with Gasteiger partial charge in [0.05, 0.1) is 0 Å². The number of hydrogen-bond acceptors (Lipinski definition) is 3. The van der Waals surface area contributed by atoms with Crippen molar-refractivity contribution in [1.29, 1.82) is 0 Å². The minimum atomic E-state index is -0.192. The summed E-state index contributed by atoms with van der Waals surface area (Å²) in [5, 5.41) is 0. The number of amides is 1. The Morgan fingerprint density at radius 1 is 1.45 bits per heavy atom. The minimum Gasteiger partial charge on any atom is -0.370 e. The summed E-state index contributed by atoms with van der Waals surface area (Å²) in [5.41, 5.74) is 11.9. The summed E-state index contributed by atoms with van der Waals surface area (Å²) in [6.07, 6.45) is 7.14. The predicted octanol–water partition coefficient (Wildman–Crippen LogP) is 4.03. The van der Waals surface area contributed by atoms with Gasteiger partial charge < -0.3 is 11.5 Å². The molecule has 4 N–H and O–H groups in total. The fourth-order valence-corrected chi connectivity index (χ4v) is 4.92. The molecule has 0 aliphatic heterocycles. The lowest BCUT2D eigenvalue weighted by atomic mass is 9.68. The van der Waals surface area contributed by atoms with Crippen LogP contribution >= 0.6 is 27.3 Å². The molecule has 0 spiro atoms. The normalized spacial score (nSPS) is 19.8. The van der Waals surface area contributed by atoms with Gasteiger partial charge in [0, 0.05) is 26.7 Å². The number of primary amides is 1. The fourth-order valence-electron chi connectivity index (χ4n) is 3.36. The average molecular weight is 359 g/mol. The van der Waals surface area contributed by atoms with Gasteiger partial charge in [0.25, 0.3) is 0 Å². The van der Waals surface area contributed by atoms with Crippen molar-refractivity contribution in [3.05, 3.63) is 20.3 Å². The fraction of sp³-hybridized carbons (Fsp3) is 0.667. The molecule has 5 heteroatoms. The lowest BCUT2D eigenvalue weighted by Crippen LogP contribution is -2.33. The van der Waals surface area contributed by atoms with E-state index < -0.39 is 0 Å². The Kier molecular flexibility index (Phi) is 5.26. The van der Waals surface area contributed by atoms with E-state index in [0.717, 1.165) is 23.7 Å². The zero-order valence-electron chi connectivity index (χ0n) is 12.0. The van der Waals surface area contributed by atoms with Crippen molar-refractivity contribution in [2.75, 3.05) is 0 Å². The minimum absolute atomic E-state index is 0.00227. The molecule has 0 bridgehead atoms. The quantitative estimate of drug-likeness (QED) is 0.833. The molecule has 0 aromatic carbocycles. The first kappa shape index (κ1) is 16.0. The van der Waals surface area contributed by atoms with Gasteiger partial charge in [0.15, 0.2) is 0 Å². The molecule has 1 saturated carbocycles. The SMILES string of the molecule is Cc1sc(C(N)CC2(CC(N)=O)CCCCC2)cc1Br. The Hall–Kier alpha value is -0.390. The second-order valence-corrected chi connectivity index (χ2v) is 8.21. The zero-order chi connectivity index (χ0) is 14.8. The van der Waals surface area contributed by atoms with Crippen molar-refractivity contribution >= 4 is 33.2 Å². The molecule has 112 valence electrons. The van der Waals surface area contributed by atoms with Crippen LogP contribution in [0.3, 0.4) is 0 Å². The number of hydrogen-bond donors (Lipinski definition) is 2. The highest BCUT2D eigenvalue weighted by atomic mass is 79.9. The molecule has 1 unspecified atom stereocenters. The predicted molar refractivity (Wildman–Crippen MR) is 87.6 cm³/mol. The Morgan fingerprint density at radius 3 is 2.60 bits per heavy atom. The molecular weight excluding hydrogens is 336 g/mol. The second kappa shape index (κ2) is 6.58. The Balaban J connectivity index is 2.12. The molecule has 1 aromatic rings. The van der Waals surface area contributed by atoms with Gasteiger partial charge >= 0.3 is 0 Å². The second-order valence-electron chi connectivity index (χ2n) is 6.07. The van der Waals surface area contributed by atoms with E-state index in [0.29, 0.717) is 6.42 Å². The lowest BCUT2D eigenvalue weighted by molar-refractivity contribution is -0.121. The van der Waals surface area contributed by atoms with Crippen molar-refractivity contribution in [3.63, 3.8) is 0 Å². The van der Waals surface area contributed by atoms with Crippen molar-refractivity contribution in [2.24, 2.45) is 16.9 Å². The Morgan fingerprint density at radius 2 is 2.10 bits per heavy atom. The van der Waals surface area contributed by atoms with Gasteiger partial charge in [-0.3, -0.25) is 4.79 Å². The molecule has 0 saturated heterocycles. The standard InChI is InChI=1S/C15H23BrN2OS/c1-10-11(16)7-13(20-10)12(17)8-15(9-14(18)19)5-3-2-4-6-15/h7,12H,2-6,8-9,17H2,1H3,(H2,18,19). The monoisotopic (exact) mass is 358 g/mol. The third-order valence-electron chi connectivity index (χ3n) is 4.36. The molecule has 1 aliphatic rings. The first-order valence-electron chi connectivity index (χ1n) is 7.22. The van der Waals surface area contributed by atoms with Crippen LogP contribution in [0, 0.1) is 12.3 Å². The van der Waals surface area contributed by atoms with E-state index in [4.69, 9.17) is 11.5 Å². The van der Waals surface area contributed by atoms with Gasteiger partial charge in [-0.05, 0) is 53.6 Å². The number of thiophene rings is 1. The number of aryl methyl sites for hydroxylation is 1. The highest BCUT2D eigenvalue weighted by molar-refractivity contribution is 9.10. The average Bonchev–Trinajstić information content (AvgIpc) is 2.69. The summed E-state index contributed by atoms with van der Waals surface area (Å²) >= 11 is 5.28. The largest absolute Gasteiger partial charge is 0.370 e. The van der Waals surface area contributed by atoms with Crippen LogP contribution in [0.4, 0.5) is 0 Å². The molecule has 20 heavy (non-hydrogen) atoms. The molecule has 2 rings (SSSR count). The third-order valence-corrected chi connectivity index (χ3v) is 6.63. The van der Waals surface area contributed by atoms with Gasteiger partial charge in [-0.2, -0.15) is 0 Å². The summed E-state index contributed by atoms with van der Waals surface area (Å²) in [6.45, 7) is 2.09. The number of carbonyl (C=O) groups is 1. The maximum atomic E-state index is 11.4. The molecule has 0 radical (unpaired) electrons. The number of nitrogens with two attached hydrogens (primary N) is 2. The van der Waals surface area contributed by atoms with Crippen LogP contribution < -0.4 is 11.5 Å². The van der Waals surface area contributed by atoms with Crippen LogP contribution in [-0.4, -0.2) is 5.91 Å². The first-order valence-corrected chi connectivity index (χ1v) is 8.82. The smallest absolute Gasteiger partial charge is 0.217 e. The van der Waals surface area contributed by atoms with Gasteiger partial charge in [-0.15, -0.1) is 11.3 Å². The molecule has 1 aliphatic carbocycles. The summed E-state index contributed by atoms with van der Waals surface area (Å²) in [6, 6.07) is 2.12. The van der Waals surface area contributed by atoms with Gasteiger partial charge in [0.1, 0.15) is 0 Å². The highest BCUT2D eigenvalue weighted by Gasteiger charge is 2.35. The van der Waals surface area contributed by atoms with E-state index in [2.05, 4.69) is 28.9 Å². The van der Waals surface area contributed by atoms with E-state index in [1.165, 1.54) is 29.0 Å². The molecule has 3 nitrogen and oxygen atoms in total.